The SMILES string of the molecule is O=C(C#CBr)NCC1=CCCOC1. The minimum absolute atomic E-state index is 0.275. The van der Waals surface area contributed by atoms with Crippen LogP contribution in [-0.2, 0) is 9.53 Å². The van der Waals surface area contributed by atoms with Crippen molar-refractivity contribution in [3.63, 3.8) is 0 Å². The second-order valence-corrected chi connectivity index (χ2v) is 3.00. The second-order valence-electron chi connectivity index (χ2n) is 2.61. The molecule has 0 atom stereocenters. The van der Waals surface area contributed by atoms with E-state index in [0.717, 1.165) is 18.6 Å². The van der Waals surface area contributed by atoms with Gasteiger partial charge in [0, 0.05) is 28.4 Å². The molecule has 0 aromatic heterocycles. The number of ether oxygens (including phenoxy) is 1. The van der Waals surface area contributed by atoms with Crippen molar-refractivity contribution in [1.82, 2.24) is 5.32 Å². The maximum Gasteiger partial charge on any atom is 0.297 e. The van der Waals surface area contributed by atoms with Crippen LogP contribution in [0.4, 0.5) is 0 Å². The molecule has 3 nitrogen and oxygen atoms in total. The van der Waals surface area contributed by atoms with E-state index < -0.39 is 0 Å². The van der Waals surface area contributed by atoms with Crippen molar-refractivity contribution in [2.24, 2.45) is 0 Å². The van der Waals surface area contributed by atoms with Gasteiger partial charge in [-0.3, -0.25) is 4.79 Å². The summed E-state index contributed by atoms with van der Waals surface area (Å²) in [5.41, 5.74) is 1.11. The summed E-state index contributed by atoms with van der Waals surface area (Å²) in [6.45, 7) is 1.92. The molecular formula is C9H10BrNO2. The van der Waals surface area contributed by atoms with Gasteiger partial charge in [-0.15, -0.1) is 0 Å². The van der Waals surface area contributed by atoms with E-state index in [1.807, 2.05) is 0 Å². The van der Waals surface area contributed by atoms with E-state index >= 15 is 0 Å². The summed E-state index contributed by atoms with van der Waals surface area (Å²) in [5.74, 6) is 2.06. The van der Waals surface area contributed by atoms with Crippen molar-refractivity contribution in [2.45, 2.75) is 6.42 Å². The average molecular weight is 244 g/mol. The highest BCUT2D eigenvalue weighted by Gasteiger charge is 2.04. The van der Waals surface area contributed by atoms with E-state index in [1.165, 1.54) is 0 Å². The summed E-state index contributed by atoms with van der Waals surface area (Å²) < 4.78 is 5.21. The number of amides is 1. The summed E-state index contributed by atoms with van der Waals surface area (Å²) >= 11 is 2.85. The van der Waals surface area contributed by atoms with Crippen LogP contribution in [0.2, 0.25) is 0 Å². The van der Waals surface area contributed by atoms with Gasteiger partial charge >= 0.3 is 0 Å². The molecular weight excluding hydrogens is 234 g/mol. The first-order valence-electron chi connectivity index (χ1n) is 3.98. The zero-order valence-electron chi connectivity index (χ0n) is 7.10. The fraction of sp³-hybridized carbons (Fsp3) is 0.444. The van der Waals surface area contributed by atoms with Crippen molar-refractivity contribution in [1.29, 1.82) is 0 Å². The molecule has 0 saturated carbocycles. The minimum Gasteiger partial charge on any atom is -0.377 e. The predicted molar refractivity (Wildman–Crippen MR) is 53.2 cm³/mol. The molecule has 0 unspecified atom stereocenters. The van der Waals surface area contributed by atoms with Gasteiger partial charge in [-0.1, -0.05) is 6.08 Å². The first kappa shape index (κ1) is 10.3. The predicted octanol–water partition coefficient (Wildman–Crippen LogP) is 0.805. The molecule has 1 rings (SSSR count). The number of carbonyl (C=O) groups excluding carboxylic acids is 1. The Labute approximate surface area is 85.7 Å². The maximum atomic E-state index is 10.9. The van der Waals surface area contributed by atoms with Gasteiger partial charge in [0.15, 0.2) is 0 Å². The van der Waals surface area contributed by atoms with Gasteiger partial charge in [0.1, 0.15) is 0 Å². The highest BCUT2D eigenvalue weighted by atomic mass is 79.9. The Morgan fingerprint density at radius 1 is 1.77 bits per heavy atom. The second kappa shape index (κ2) is 5.79. The Morgan fingerprint density at radius 3 is 3.23 bits per heavy atom. The normalized spacial score (nSPS) is 15.3. The molecule has 1 aliphatic rings. The third kappa shape index (κ3) is 4.11. The number of nitrogens with one attached hydrogen (secondary N) is 1. The van der Waals surface area contributed by atoms with Crippen LogP contribution < -0.4 is 5.32 Å². The lowest BCUT2D eigenvalue weighted by molar-refractivity contribution is -0.115. The molecule has 0 saturated heterocycles. The van der Waals surface area contributed by atoms with Crippen molar-refractivity contribution >= 4 is 21.8 Å². The van der Waals surface area contributed by atoms with Crippen molar-refractivity contribution in [3.8, 4) is 10.8 Å². The fourth-order valence-electron chi connectivity index (χ4n) is 1.01. The highest BCUT2D eigenvalue weighted by Crippen LogP contribution is 2.03. The lowest BCUT2D eigenvalue weighted by Gasteiger charge is -2.13. The minimum atomic E-state index is -0.275. The largest absolute Gasteiger partial charge is 0.377 e. The number of hydrogen-bond acceptors (Lipinski definition) is 2. The molecule has 4 heteroatoms. The van der Waals surface area contributed by atoms with Crippen LogP contribution in [0, 0.1) is 10.8 Å². The molecule has 0 radical (unpaired) electrons. The smallest absolute Gasteiger partial charge is 0.297 e. The molecule has 70 valence electrons. The van der Waals surface area contributed by atoms with Gasteiger partial charge < -0.3 is 10.1 Å². The van der Waals surface area contributed by atoms with E-state index in [0.29, 0.717) is 13.2 Å². The fourth-order valence-corrected chi connectivity index (χ4v) is 1.19. The van der Waals surface area contributed by atoms with Gasteiger partial charge in [-0.2, -0.15) is 0 Å². The van der Waals surface area contributed by atoms with Crippen LogP contribution in [0.15, 0.2) is 11.6 Å². The summed E-state index contributed by atoms with van der Waals surface area (Å²) in [5, 5.41) is 2.66. The monoisotopic (exact) mass is 243 g/mol. The van der Waals surface area contributed by atoms with Gasteiger partial charge in [0.05, 0.1) is 13.2 Å². The quantitative estimate of drug-likeness (QED) is 0.576. The van der Waals surface area contributed by atoms with Crippen LogP contribution in [0.3, 0.4) is 0 Å². The molecule has 1 N–H and O–H groups in total. The lowest BCUT2D eigenvalue weighted by atomic mass is 10.2. The summed E-state index contributed by atoms with van der Waals surface area (Å²) in [4.78, 5) is 13.3. The first-order chi connectivity index (χ1) is 6.33. The summed E-state index contributed by atoms with van der Waals surface area (Å²) in [7, 11) is 0. The first-order valence-corrected chi connectivity index (χ1v) is 4.77. The Bertz CT molecular complexity index is 275. The van der Waals surface area contributed by atoms with E-state index in [2.05, 4.69) is 38.1 Å². The summed E-state index contributed by atoms with van der Waals surface area (Å²) in [6, 6.07) is 0. The average Bonchev–Trinajstić information content (AvgIpc) is 2.17. The molecule has 1 heterocycles. The molecule has 0 aromatic rings. The topological polar surface area (TPSA) is 38.3 Å². The molecule has 1 amide bonds. The van der Waals surface area contributed by atoms with Crippen LogP contribution in [-0.4, -0.2) is 25.7 Å². The number of hydrogen-bond donors (Lipinski definition) is 1. The molecule has 0 bridgehead atoms. The molecule has 0 aliphatic carbocycles. The van der Waals surface area contributed by atoms with E-state index in [4.69, 9.17) is 4.74 Å². The van der Waals surface area contributed by atoms with Crippen molar-refractivity contribution in [3.05, 3.63) is 11.6 Å². The maximum absolute atomic E-state index is 10.9. The van der Waals surface area contributed by atoms with E-state index in [-0.39, 0.29) is 5.91 Å². The van der Waals surface area contributed by atoms with Gasteiger partial charge in [0.25, 0.3) is 5.91 Å². The molecule has 1 aliphatic heterocycles. The Balaban J connectivity index is 2.27. The molecule has 0 spiro atoms. The van der Waals surface area contributed by atoms with Crippen LogP contribution in [0.1, 0.15) is 6.42 Å². The van der Waals surface area contributed by atoms with Gasteiger partial charge in [-0.05, 0) is 16.8 Å². The lowest BCUT2D eigenvalue weighted by Crippen LogP contribution is -2.26. The highest BCUT2D eigenvalue weighted by molar-refractivity contribution is 9.12. The number of rotatable bonds is 2. The molecule has 0 aromatic carbocycles. The van der Waals surface area contributed by atoms with Crippen LogP contribution in [0.5, 0.6) is 0 Å². The van der Waals surface area contributed by atoms with Crippen molar-refractivity contribution < 1.29 is 9.53 Å². The molecule has 0 fully saturated rings. The Hall–Kier alpha value is -0.790. The zero-order valence-corrected chi connectivity index (χ0v) is 8.69. The third-order valence-corrected chi connectivity index (χ3v) is 1.82. The van der Waals surface area contributed by atoms with Crippen LogP contribution in [0.25, 0.3) is 0 Å². The van der Waals surface area contributed by atoms with Gasteiger partial charge in [-0.25, -0.2) is 0 Å². The number of halogens is 1. The van der Waals surface area contributed by atoms with Gasteiger partial charge in [0.2, 0.25) is 0 Å². The molecule has 13 heavy (non-hydrogen) atoms. The van der Waals surface area contributed by atoms with E-state index in [1.54, 1.807) is 0 Å². The van der Waals surface area contributed by atoms with E-state index in [9.17, 15) is 4.79 Å². The third-order valence-electron chi connectivity index (χ3n) is 1.62. The van der Waals surface area contributed by atoms with Crippen LogP contribution >= 0.6 is 15.9 Å². The standard InChI is InChI=1S/C9H10BrNO2/c10-4-3-9(12)11-6-8-2-1-5-13-7-8/h2H,1,5-7H2,(H,11,12). The summed E-state index contributed by atoms with van der Waals surface area (Å²) in [6.07, 6.45) is 3.01. The zero-order chi connectivity index (χ0) is 9.52. The Morgan fingerprint density at radius 2 is 2.62 bits per heavy atom. The number of carbonyl (C=O) groups is 1. The van der Waals surface area contributed by atoms with Crippen molar-refractivity contribution in [2.75, 3.05) is 19.8 Å². The Kier molecular flexibility index (Phi) is 4.58.